The van der Waals surface area contributed by atoms with E-state index in [0.29, 0.717) is 17.1 Å². The van der Waals surface area contributed by atoms with Crippen molar-refractivity contribution in [2.45, 2.75) is 64.1 Å². The molecule has 0 saturated heterocycles. The van der Waals surface area contributed by atoms with Crippen LogP contribution in [0.3, 0.4) is 0 Å². The van der Waals surface area contributed by atoms with Gasteiger partial charge in [-0.05, 0) is 74.6 Å². The number of thioether (sulfide) groups is 1. The first kappa shape index (κ1) is 20.8. The molecule has 2 heterocycles. The second-order valence-electron chi connectivity index (χ2n) is 8.99. The maximum Gasteiger partial charge on any atom is 0.267 e. The third kappa shape index (κ3) is 4.05. The van der Waals surface area contributed by atoms with Crippen molar-refractivity contribution in [3.8, 4) is 5.69 Å². The van der Waals surface area contributed by atoms with Crippen molar-refractivity contribution in [2.24, 2.45) is 5.92 Å². The number of hydrogen-bond acceptors (Lipinski definition) is 5. The summed E-state index contributed by atoms with van der Waals surface area (Å²) in [7, 11) is 0. The molecule has 31 heavy (non-hydrogen) atoms. The van der Waals surface area contributed by atoms with Crippen LogP contribution >= 0.6 is 23.1 Å². The van der Waals surface area contributed by atoms with Crippen LogP contribution in [0.25, 0.3) is 15.9 Å². The molecule has 2 aliphatic carbocycles. The molecular formula is C24H27N3O2S2. The van der Waals surface area contributed by atoms with Gasteiger partial charge in [-0.3, -0.25) is 14.2 Å². The van der Waals surface area contributed by atoms with Crippen LogP contribution in [-0.2, 0) is 17.6 Å². The number of thiophene rings is 1. The summed E-state index contributed by atoms with van der Waals surface area (Å²) >= 11 is 3.02. The van der Waals surface area contributed by atoms with Gasteiger partial charge in [-0.1, -0.05) is 30.8 Å². The summed E-state index contributed by atoms with van der Waals surface area (Å²) in [6.07, 6.45) is 5.20. The van der Waals surface area contributed by atoms with Gasteiger partial charge in [-0.25, -0.2) is 4.98 Å². The Morgan fingerprint density at radius 1 is 1.29 bits per heavy atom. The molecule has 3 aromatic rings. The van der Waals surface area contributed by atoms with Crippen molar-refractivity contribution in [3.63, 3.8) is 0 Å². The SMILES string of the molecule is Cc1ccc(C)c(-n2c(SCC(=O)NC3CC3)nc3sc4c(c3c2=O)CCC(C)C4)c1. The van der Waals surface area contributed by atoms with Gasteiger partial charge in [-0.15, -0.1) is 11.3 Å². The van der Waals surface area contributed by atoms with Gasteiger partial charge in [0.1, 0.15) is 4.83 Å². The largest absolute Gasteiger partial charge is 0.353 e. The van der Waals surface area contributed by atoms with Crippen molar-refractivity contribution in [1.82, 2.24) is 14.9 Å². The standard InChI is InChI=1S/C24H27N3O2S2/c1-13-4-6-15(3)18(10-13)27-23(29)21-17-9-5-14(2)11-19(17)31-22(21)26-24(27)30-12-20(28)25-16-7-8-16/h4,6,10,14,16H,5,7-9,11-12H2,1-3H3,(H,25,28). The topological polar surface area (TPSA) is 64.0 Å². The lowest BCUT2D eigenvalue weighted by molar-refractivity contribution is -0.118. The normalized spacial score (nSPS) is 18.2. The molecule has 1 N–H and O–H groups in total. The summed E-state index contributed by atoms with van der Waals surface area (Å²) in [5, 5.41) is 4.41. The van der Waals surface area contributed by atoms with Crippen LogP contribution in [0.5, 0.6) is 0 Å². The number of nitrogens with zero attached hydrogens (tertiary/aromatic N) is 2. The zero-order valence-corrected chi connectivity index (χ0v) is 19.8. The number of benzene rings is 1. The van der Waals surface area contributed by atoms with Crippen LogP contribution in [0.1, 0.15) is 47.8 Å². The molecular weight excluding hydrogens is 426 g/mol. The van der Waals surface area contributed by atoms with Crippen molar-refractivity contribution >= 4 is 39.2 Å². The minimum atomic E-state index is -0.00384. The first-order valence-corrected chi connectivity index (χ1v) is 12.8. The molecule has 0 radical (unpaired) electrons. The van der Waals surface area contributed by atoms with Gasteiger partial charge in [-0.2, -0.15) is 0 Å². The van der Waals surface area contributed by atoms with Gasteiger partial charge >= 0.3 is 0 Å². The zero-order chi connectivity index (χ0) is 21.7. The monoisotopic (exact) mass is 453 g/mol. The highest BCUT2D eigenvalue weighted by Crippen LogP contribution is 2.37. The smallest absolute Gasteiger partial charge is 0.267 e. The van der Waals surface area contributed by atoms with Gasteiger partial charge in [0.2, 0.25) is 5.91 Å². The third-order valence-electron chi connectivity index (χ3n) is 6.18. The van der Waals surface area contributed by atoms with Gasteiger partial charge in [0.25, 0.3) is 5.56 Å². The predicted molar refractivity (Wildman–Crippen MR) is 128 cm³/mol. The van der Waals surface area contributed by atoms with E-state index >= 15 is 0 Å². The number of rotatable bonds is 5. The highest BCUT2D eigenvalue weighted by atomic mass is 32.2. The van der Waals surface area contributed by atoms with E-state index in [-0.39, 0.29) is 17.2 Å². The van der Waals surface area contributed by atoms with Crippen molar-refractivity contribution in [3.05, 3.63) is 50.1 Å². The number of carbonyl (C=O) groups is 1. The summed E-state index contributed by atoms with van der Waals surface area (Å²) in [5.74, 6) is 0.914. The van der Waals surface area contributed by atoms with Crippen LogP contribution < -0.4 is 10.9 Å². The summed E-state index contributed by atoms with van der Waals surface area (Å²) in [5.41, 5.74) is 4.16. The van der Waals surface area contributed by atoms with Crippen molar-refractivity contribution < 1.29 is 4.79 Å². The Kier molecular flexibility index (Phi) is 5.42. The predicted octanol–water partition coefficient (Wildman–Crippen LogP) is 4.56. The molecule has 1 aromatic carbocycles. The lowest BCUT2D eigenvalue weighted by Crippen LogP contribution is -2.28. The lowest BCUT2D eigenvalue weighted by Gasteiger charge is -2.18. The molecule has 2 aliphatic rings. The number of amides is 1. The first-order valence-electron chi connectivity index (χ1n) is 11.0. The zero-order valence-electron chi connectivity index (χ0n) is 18.2. The molecule has 0 aliphatic heterocycles. The number of hydrogen-bond donors (Lipinski definition) is 1. The minimum absolute atomic E-state index is 0.00384. The molecule has 5 nitrogen and oxygen atoms in total. The first-order chi connectivity index (χ1) is 14.9. The Morgan fingerprint density at radius 3 is 2.87 bits per heavy atom. The Hall–Kier alpha value is -2.12. The number of nitrogens with one attached hydrogen (secondary N) is 1. The van der Waals surface area contributed by atoms with Crippen molar-refractivity contribution in [2.75, 3.05) is 5.75 Å². The summed E-state index contributed by atoms with van der Waals surface area (Å²) < 4.78 is 1.74. The highest BCUT2D eigenvalue weighted by molar-refractivity contribution is 7.99. The van der Waals surface area contributed by atoms with E-state index in [4.69, 9.17) is 4.98 Å². The number of fused-ring (bicyclic) bond motifs is 3. The lowest BCUT2D eigenvalue weighted by atomic mass is 9.89. The fourth-order valence-electron chi connectivity index (χ4n) is 4.27. The summed E-state index contributed by atoms with van der Waals surface area (Å²) in [4.78, 5) is 33.3. The van der Waals surface area contributed by atoms with Crippen LogP contribution in [-0.4, -0.2) is 27.3 Å². The van der Waals surface area contributed by atoms with E-state index < -0.39 is 0 Å². The molecule has 1 saturated carbocycles. The molecule has 2 aromatic heterocycles. The summed E-state index contributed by atoms with van der Waals surface area (Å²) in [6.45, 7) is 6.32. The highest BCUT2D eigenvalue weighted by Gasteiger charge is 2.27. The second-order valence-corrected chi connectivity index (χ2v) is 11.0. The van der Waals surface area contributed by atoms with Crippen LogP contribution in [0.2, 0.25) is 0 Å². The number of aryl methyl sites for hydroxylation is 3. The molecule has 5 rings (SSSR count). The molecule has 162 valence electrons. The van der Waals surface area contributed by atoms with Crippen LogP contribution in [0.4, 0.5) is 0 Å². The Labute approximate surface area is 190 Å². The number of aromatic nitrogens is 2. The molecule has 1 amide bonds. The van der Waals surface area contributed by atoms with E-state index in [1.165, 1.54) is 22.2 Å². The minimum Gasteiger partial charge on any atom is -0.353 e. The number of carbonyl (C=O) groups excluding carboxylic acids is 1. The van der Waals surface area contributed by atoms with Gasteiger partial charge in [0.15, 0.2) is 5.16 Å². The third-order valence-corrected chi connectivity index (χ3v) is 8.27. The van der Waals surface area contributed by atoms with E-state index in [0.717, 1.165) is 59.1 Å². The molecule has 1 fully saturated rings. The molecule has 0 bridgehead atoms. The molecule has 0 spiro atoms. The maximum atomic E-state index is 13.9. The maximum absolute atomic E-state index is 13.9. The molecule has 7 heteroatoms. The van der Waals surface area contributed by atoms with E-state index in [9.17, 15) is 9.59 Å². The summed E-state index contributed by atoms with van der Waals surface area (Å²) in [6, 6.07) is 6.47. The van der Waals surface area contributed by atoms with E-state index in [1.807, 2.05) is 26.0 Å². The van der Waals surface area contributed by atoms with E-state index in [1.54, 1.807) is 15.9 Å². The van der Waals surface area contributed by atoms with Crippen molar-refractivity contribution in [1.29, 1.82) is 0 Å². The quantitative estimate of drug-likeness (QED) is 0.454. The molecule has 1 unspecified atom stereocenters. The van der Waals surface area contributed by atoms with Crippen LogP contribution in [0, 0.1) is 19.8 Å². The van der Waals surface area contributed by atoms with Crippen LogP contribution in [0.15, 0.2) is 28.2 Å². The van der Waals surface area contributed by atoms with E-state index in [2.05, 4.69) is 18.3 Å². The fraction of sp³-hybridized carbons (Fsp3) is 0.458. The average Bonchev–Trinajstić information content (AvgIpc) is 3.46. The Bertz CT molecular complexity index is 1240. The Balaban J connectivity index is 1.65. The molecule has 1 atom stereocenters. The second kappa shape index (κ2) is 8.10. The van der Waals surface area contributed by atoms with Gasteiger partial charge < -0.3 is 5.32 Å². The Morgan fingerprint density at radius 2 is 2.10 bits per heavy atom. The van der Waals surface area contributed by atoms with Gasteiger partial charge in [0.05, 0.1) is 16.8 Å². The average molecular weight is 454 g/mol. The fourth-order valence-corrected chi connectivity index (χ4v) is 6.51. The van der Waals surface area contributed by atoms with Gasteiger partial charge in [0, 0.05) is 10.9 Å².